The molecule has 2 atom stereocenters. The molecule has 3 amide bonds. The Balaban J connectivity index is 2.15. The molecule has 0 aliphatic rings. The van der Waals surface area contributed by atoms with Gasteiger partial charge in [0.15, 0.2) is 0 Å². The van der Waals surface area contributed by atoms with Gasteiger partial charge in [-0.1, -0.05) is 72.3 Å². The Hall–Kier alpha value is -4.13. The number of hydrogen-bond acceptors (Lipinski definition) is 4. The molecule has 0 radical (unpaired) electrons. The third-order valence-corrected chi connectivity index (χ3v) is 6.87. The van der Waals surface area contributed by atoms with Crippen molar-refractivity contribution in [2.45, 2.75) is 92.0 Å². The van der Waals surface area contributed by atoms with Crippen molar-refractivity contribution >= 4 is 23.6 Å². The maximum atomic E-state index is 14.7. The van der Waals surface area contributed by atoms with Crippen molar-refractivity contribution in [3.8, 4) is 0 Å². The maximum absolute atomic E-state index is 14.7. The lowest BCUT2D eigenvalue weighted by atomic mass is 9.91. The number of ether oxygens (including phenoxy) is 1. The summed E-state index contributed by atoms with van der Waals surface area (Å²) >= 11 is 0. The highest BCUT2D eigenvalue weighted by atomic mass is 16.6. The molecule has 0 heterocycles. The third kappa shape index (κ3) is 8.68. The van der Waals surface area contributed by atoms with Crippen molar-refractivity contribution in [2.24, 2.45) is 0 Å². The van der Waals surface area contributed by atoms with Gasteiger partial charge in [0.1, 0.15) is 17.7 Å². The number of rotatable bonds is 8. The Labute approximate surface area is 250 Å². The topological polar surface area (TPSA) is 87.7 Å². The number of amides is 3. The molecule has 7 heteroatoms. The van der Waals surface area contributed by atoms with Crippen LogP contribution in [0.5, 0.6) is 0 Å². The summed E-state index contributed by atoms with van der Waals surface area (Å²) in [7, 11) is 0. The van der Waals surface area contributed by atoms with Gasteiger partial charge in [-0.05, 0) is 90.6 Å². The van der Waals surface area contributed by atoms with Gasteiger partial charge in [-0.2, -0.15) is 0 Å². The van der Waals surface area contributed by atoms with Crippen LogP contribution in [0.25, 0.3) is 0 Å². The van der Waals surface area contributed by atoms with Gasteiger partial charge < -0.3 is 20.3 Å². The number of hydrogen-bond donors (Lipinski definition) is 2. The summed E-state index contributed by atoms with van der Waals surface area (Å²) in [6.07, 6.45) is -0.469. The van der Waals surface area contributed by atoms with Crippen molar-refractivity contribution in [1.29, 1.82) is 0 Å². The van der Waals surface area contributed by atoms with E-state index in [1.165, 1.54) is 0 Å². The second kappa shape index (κ2) is 13.2. The smallest absolute Gasteiger partial charge is 0.408 e. The molecular formula is C35H45N3O4. The number of anilines is 1. The van der Waals surface area contributed by atoms with Crippen molar-refractivity contribution in [2.75, 3.05) is 5.32 Å². The van der Waals surface area contributed by atoms with Crippen molar-refractivity contribution in [3.63, 3.8) is 0 Å². The van der Waals surface area contributed by atoms with Crippen LogP contribution in [0.1, 0.15) is 75.4 Å². The molecule has 2 N–H and O–H groups in total. The molecule has 0 aliphatic heterocycles. The summed E-state index contributed by atoms with van der Waals surface area (Å²) in [4.78, 5) is 43.6. The van der Waals surface area contributed by atoms with Crippen LogP contribution in [0.4, 0.5) is 10.5 Å². The first kappa shape index (κ1) is 32.4. The number of benzene rings is 3. The van der Waals surface area contributed by atoms with Crippen molar-refractivity contribution in [3.05, 3.63) is 101 Å². The second-order valence-corrected chi connectivity index (χ2v) is 12.8. The first-order chi connectivity index (χ1) is 19.6. The molecule has 0 saturated heterocycles. The SMILES string of the molecule is Cc1ccc(C)c(C(C(=O)Nc2ccccc2C)N(C(=O)C(Cc2ccccc2)NC(=O)OC(C)(C)C)C(C)(C)C)c1. The lowest BCUT2D eigenvalue weighted by Gasteiger charge is -2.43. The highest BCUT2D eigenvalue weighted by Gasteiger charge is 2.42. The molecule has 42 heavy (non-hydrogen) atoms. The summed E-state index contributed by atoms with van der Waals surface area (Å²) in [6.45, 7) is 16.8. The van der Waals surface area contributed by atoms with Gasteiger partial charge in [0.2, 0.25) is 5.91 Å². The van der Waals surface area contributed by atoms with E-state index >= 15 is 0 Å². The van der Waals surface area contributed by atoms with E-state index in [9.17, 15) is 14.4 Å². The van der Waals surface area contributed by atoms with Gasteiger partial charge in [0.05, 0.1) is 0 Å². The van der Waals surface area contributed by atoms with Crippen LogP contribution in [-0.4, -0.2) is 40.0 Å². The molecule has 0 aromatic heterocycles. The minimum Gasteiger partial charge on any atom is -0.444 e. The van der Waals surface area contributed by atoms with E-state index < -0.39 is 29.3 Å². The quantitative estimate of drug-likeness (QED) is 0.303. The van der Waals surface area contributed by atoms with Gasteiger partial charge in [0.25, 0.3) is 5.91 Å². The average molecular weight is 572 g/mol. The fourth-order valence-electron chi connectivity index (χ4n) is 4.88. The molecule has 0 bridgehead atoms. The molecule has 7 nitrogen and oxygen atoms in total. The summed E-state index contributed by atoms with van der Waals surface area (Å²) in [5.74, 6) is -0.722. The van der Waals surface area contributed by atoms with Crippen molar-refractivity contribution in [1.82, 2.24) is 10.2 Å². The van der Waals surface area contributed by atoms with E-state index in [1.54, 1.807) is 25.7 Å². The Bertz CT molecular complexity index is 1400. The number of nitrogens with one attached hydrogen (secondary N) is 2. The molecular weight excluding hydrogens is 526 g/mol. The first-order valence-electron chi connectivity index (χ1n) is 14.4. The molecule has 2 unspecified atom stereocenters. The number of carbonyl (C=O) groups excluding carboxylic acids is 3. The van der Waals surface area contributed by atoms with Crippen LogP contribution < -0.4 is 10.6 Å². The van der Waals surface area contributed by atoms with Gasteiger partial charge in [-0.3, -0.25) is 9.59 Å². The molecule has 0 spiro atoms. The van der Waals surface area contributed by atoms with Crippen LogP contribution in [0.15, 0.2) is 72.8 Å². The largest absolute Gasteiger partial charge is 0.444 e. The van der Waals surface area contributed by atoms with E-state index in [4.69, 9.17) is 4.74 Å². The predicted molar refractivity (Wildman–Crippen MR) is 168 cm³/mol. The highest BCUT2D eigenvalue weighted by Crippen LogP contribution is 2.34. The molecule has 0 aliphatic carbocycles. The highest BCUT2D eigenvalue weighted by molar-refractivity contribution is 6.00. The van der Waals surface area contributed by atoms with Crippen molar-refractivity contribution < 1.29 is 19.1 Å². The lowest BCUT2D eigenvalue weighted by Crippen LogP contribution is -2.58. The van der Waals surface area contributed by atoms with E-state index in [2.05, 4.69) is 10.6 Å². The Morgan fingerprint density at radius 3 is 2.02 bits per heavy atom. The summed E-state index contributed by atoms with van der Waals surface area (Å²) < 4.78 is 5.54. The fourth-order valence-corrected chi connectivity index (χ4v) is 4.88. The molecule has 0 saturated carbocycles. The summed E-state index contributed by atoms with van der Waals surface area (Å²) in [5, 5.41) is 5.90. The van der Waals surface area contributed by atoms with Gasteiger partial charge >= 0.3 is 6.09 Å². The summed E-state index contributed by atoms with van der Waals surface area (Å²) in [6, 6.07) is 21.0. The van der Waals surface area contributed by atoms with Crippen LogP contribution in [0.2, 0.25) is 0 Å². The number of aryl methyl sites for hydroxylation is 3. The zero-order chi connectivity index (χ0) is 31.2. The predicted octanol–water partition coefficient (Wildman–Crippen LogP) is 7.05. The molecule has 224 valence electrons. The van der Waals surface area contributed by atoms with Gasteiger partial charge in [0, 0.05) is 17.6 Å². The van der Waals surface area contributed by atoms with Crippen LogP contribution in [0.3, 0.4) is 0 Å². The molecule has 3 rings (SSSR count). The number of alkyl carbamates (subject to hydrolysis) is 1. The van der Waals surface area contributed by atoms with E-state index in [-0.39, 0.29) is 18.2 Å². The monoisotopic (exact) mass is 571 g/mol. The Kier molecular flexibility index (Phi) is 10.2. The number of nitrogens with zero attached hydrogens (tertiary/aromatic N) is 1. The zero-order valence-electron chi connectivity index (χ0n) is 26.4. The first-order valence-corrected chi connectivity index (χ1v) is 14.4. The lowest BCUT2D eigenvalue weighted by molar-refractivity contribution is -0.146. The zero-order valence-corrected chi connectivity index (χ0v) is 26.4. The van der Waals surface area contributed by atoms with Gasteiger partial charge in [-0.15, -0.1) is 0 Å². The van der Waals surface area contributed by atoms with Crippen LogP contribution >= 0.6 is 0 Å². The maximum Gasteiger partial charge on any atom is 0.408 e. The summed E-state index contributed by atoms with van der Waals surface area (Å²) in [5.41, 5.74) is 3.48. The van der Waals surface area contributed by atoms with Crippen LogP contribution in [0, 0.1) is 20.8 Å². The molecule has 3 aromatic carbocycles. The fraction of sp³-hybridized carbons (Fsp3) is 0.400. The average Bonchev–Trinajstić information content (AvgIpc) is 2.88. The molecule has 3 aromatic rings. The Morgan fingerprint density at radius 2 is 1.43 bits per heavy atom. The molecule has 0 fully saturated rings. The normalized spacial score (nSPS) is 13.1. The second-order valence-electron chi connectivity index (χ2n) is 12.8. The van der Waals surface area contributed by atoms with Gasteiger partial charge in [-0.25, -0.2) is 4.79 Å². The minimum atomic E-state index is -0.986. The Morgan fingerprint density at radius 1 is 0.810 bits per heavy atom. The van der Waals surface area contributed by atoms with Crippen LogP contribution in [-0.2, 0) is 20.7 Å². The van der Waals surface area contributed by atoms with E-state index in [1.807, 2.05) is 114 Å². The van der Waals surface area contributed by atoms with E-state index in [0.29, 0.717) is 5.69 Å². The standard InChI is InChI=1S/C35H45N3O4/c1-23-19-20-24(2)27(21-23)30(31(39)36-28-18-14-13-15-25(28)3)38(34(4,5)6)32(40)29(22-26-16-11-10-12-17-26)37-33(41)42-35(7,8)9/h10-21,29-30H,22H2,1-9H3,(H,36,39)(H,37,41). The third-order valence-electron chi connectivity index (χ3n) is 6.87. The van der Waals surface area contributed by atoms with E-state index in [0.717, 1.165) is 27.8 Å². The number of carbonyl (C=O) groups is 3. The minimum absolute atomic E-state index is 0.227. The number of para-hydroxylation sites is 1.